The van der Waals surface area contributed by atoms with Crippen LogP contribution in [0.3, 0.4) is 0 Å². The Labute approximate surface area is 114 Å². The molecule has 19 heavy (non-hydrogen) atoms. The minimum absolute atomic E-state index is 0.0230. The fourth-order valence-corrected chi connectivity index (χ4v) is 1.62. The summed E-state index contributed by atoms with van der Waals surface area (Å²) in [7, 11) is 0. The molecule has 0 aliphatic heterocycles. The maximum atomic E-state index is 11.5. The van der Waals surface area contributed by atoms with Gasteiger partial charge in [0.15, 0.2) is 0 Å². The van der Waals surface area contributed by atoms with Gasteiger partial charge in [0.2, 0.25) is 0 Å². The molecule has 1 aromatic heterocycles. The SMILES string of the molecule is Cc1cc(O)c(C=NNc2ccccc2Cl)c(=O)o1. The molecule has 2 N–H and O–H groups in total. The summed E-state index contributed by atoms with van der Waals surface area (Å²) in [6.45, 7) is 1.57. The van der Waals surface area contributed by atoms with Gasteiger partial charge in [0.05, 0.1) is 16.9 Å². The Morgan fingerprint density at radius 3 is 2.84 bits per heavy atom. The minimum atomic E-state index is -0.651. The predicted octanol–water partition coefficient (Wildman–Crippen LogP) is 2.75. The number of hydrazone groups is 1. The summed E-state index contributed by atoms with van der Waals surface area (Å²) in [5, 5.41) is 14.0. The summed E-state index contributed by atoms with van der Waals surface area (Å²) in [4.78, 5) is 11.5. The van der Waals surface area contributed by atoms with Gasteiger partial charge in [-0.2, -0.15) is 5.10 Å². The van der Waals surface area contributed by atoms with E-state index in [2.05, 4.69) is 10.5 Å². The molecular weight excluding hydrogens is 268 g/mol. The Balaban J connectivity index is 2.21. The van der Waals surface area contributed by atoms with Crippen LogP contribution in [0.4, 0.5) is 5.69 Å². The van der Waals surface area contributed by atoms with Gasteiger partial charge in [0.1, 0.15) is 17.1 Å². The van der Waals surface area contributed by atoms with Crippen molar-refractivity contribution in [3.05, 3.63) is 57.1 Å². The number of nitrogens with zero attached hydrogens (tertiary/aromatic N) is 1. The van der Waals surface area contributed by atoms with Crippen LogP contribution >= 0.6 is 11.6 Å². The summed E-state index contributed by atoms with van der Waals surface area (Å²) >= 11 is 5.92. The molecule has 1 aromatic carbocycles. The number of nitrogens with one attached hydrogen (secondary N) is 1. The van der Waals surface area contributed by atoms with E-state index in [-0.39, 0.29) is 11.3 Å². The summed E-state index contributed by atoms with van der Waals surface area (Å²) in [6, 6.07) is 8.37. The van der Waals surface area contributed by atoms with Gasteiger partial charge in [-0.15, -0.1) is 0 Å². The summed E-state index contributed by atoms with van der Waals surface area (Å²) in [5.74, 6) is 0.150. The van der Waals surface area contributed by atoms with Gasteiger partial charge in [-0.3, -0.25) is 5.43 Å². The Hall–Kier alpha value is -2.27. The van der Waals surface area contributed by atoms with E-state index in [1.165, 1.54) is 12.3 Å². The number of anilines is 1. The number of hydrogen-bond donors (Lipinski definition) is 2. The highest BCUT2D eigenvalue weighted by Gasteiger charge is 2.06. The molecule has 1 heterocycles. The highest BCUT2D eigenvalue weighted by atomic mass is 35.5. The largest absolute Gasteiger partial charge is 0.507 e. The molecule has 98 valence electrons. The van der Waals surface area contributed by atoms with Crippen molar-refractivity contribution in [1.29, 1.82) is 0 Å². The molecule has 5 nitrogen and oxygen atoms in total. The molecule has 0 fully saturated rings. The lowest BCUT2D eigenvalue weighted by Crippen LogP contribution is -2.08. The average molecular weight is 279 g/mol. The molecule has 0 aliphatic rings. The Morgan fingerprint density at radius 2 is 2.16 bits per heavy atom. The Bertz CT molecular complexity index is 680. The van der Waals surface area contributed by atoms with Crippen LogP contribution in [-0.4, -0.2) is 11.3 Å². The number of hydrogen-bond acceptors (Lipinski definition) is 5. The topological polar surface area (TPSA) is 74.8 Å². The first-order chi connectivity index (χ1) is 9.08. The third kappa shape index (κ3) is 3.14. The molecule has 0 radical (unpaired) electrons. The first kappa shape index (κ1) is 13.2. The summed E-state index contributed by atoms with van der Waals surface area (Å²) in [6.07, 6.45) is 1.18. The third-order valence-electron chi connectivity index (χ3n) is 2.34. The van der Waals surface area contributed by atoms with Crippen molar-refractivity contribution in [2.45, 2.75) is 6.92 Å². The molecule has 0 amide bonds. The van der Waals surface area contributed by atoms with Crippen LogP contribution in [0.2, 0.25) is 5.02 Å². The van der Waals surface area contributed by atoms with Crippen molar-refractivity contribution in [2.75, 3.05) is 5.43 Å². The normalized spacial score (nSPS) is 10.8. The van der Waals surface area contributed by atoms with Gasteiger partial charge < -0.3 is 9.52 Å². The first-order valence-electron chi connectivity index (χ1n) is 5.45. The van der Waals surface area contributed by atoms with E-state index in [1.807, 2.05) is 0 Å². The van der Waals surface area contributed by atoms with E-state index in [1.54, 1.807) is 31.2 Å². The maximum absolute atomic E-state index is 11.5. The van der Waals surface area contributed by atoms with Crippen molar-refractivity contribution in [3.63, 3.8) is 0 Å². The smallest absolute Gasteiger partial charge is 0.348 e. The monoisotopic (exact) mass is 278 g/mol. The van der Waals surface area contributed by atoms with E-state index < -0.39 is 5.63 Å². The number of aryl methyl sites for hydroxylation is 1. The summed E-state index contributed by atoms with van der Waals surface area (Å²) in [5.41, 5.74) is 2.60. The van der Waals surface area contributed by atoms with E-state index in [0.717, 1.165) is 0 Å². The number of aromatic hydroxyl groups is 1. The van der Waals surface area contributed by atoms with E-state index >= 15 is 0 Å². The first-order valence-corrected chi connectivity index (χ1v) is 5.83. The van der Waals surface area contributed by atoms with Crippen LogP contribution in [0.25, 0.3) is 0 Å². The lowest BCUT2D eigenvalue weighted by Gasteiger charge is -2.02. The van der Waals surface area contributed by atoms with E-state index in [0.29, 0.717) is 16.5 Å². The van der Waals surface area contributed by atoms with Crippen LogP contribution in [-0.2, 0) is 0 Å². The number of rotatable bonds is 3. The summed E-state index contributed by atoms with van der Waals surface area (Å²) < 4.78 is 4.85. The highest BCUT2D eigenvalue weighted by molar-refractivity contribution is 6.33. The standard InChI is InChI=1S/C13H11ClN2O3/c1-8-6-12(17)9(13(18)19-8)7-15-16-11-5-3-2-4-10(11)14/h2-7,16-17H,1H3. The number of para-hydroxylation sites is 1. The molecule has 2 aromatic rings. The molecule has 0 saturated heterocycles. The second-order valence-corrected chi connectivity index (χ2v) is 4.20. The van der Waals surface area contributed by atoms with Crippen molar-refractivity contribution in [2.24, 2.45) is 5.10 Å². The van der Waals surface area contributed by atoms with Crippen LogP contribution in [0, 0.1) is 6.92 Å². The van der Waals surface area contributed by atoms with E-state index in [4.69, 9.17) is 16.0 Å². The van der Waals surface area contributed by atoms with Gasteiger partial charge in [-0.25, -0.2) is 4.79 Å². The van der Waals surface area contributed by atoms with Crippen molar-refractivity contribution >= 4 is 23.5 Å². The van der Waals surface area contributed by atoms with Crippen LogP contribution in [0.1, 0.15) is 11.3 Å². The average Bonchev–Trinajstić information content (AvgIpc) is 2.34. The van der Waals surface area contributed by atoms with Gasteiger partial charge in [0, 0.05) is 6.07 Å². The zero-order valence-corrected chi connectivity index (χ0v) is 10.8. The molecule has 0 saturated carbocycles. The van der Waals surface area contributed by atoms with Gasteiger partial charge in [-0.05, 0) is 19.1 Å². The fraction of sp³-hybridized carbons (Fsp3) is 0.0769. The van der Waals surface area contributed by atoms with Gasteiger partial charge in [-0.1, -0.05) is 23.7 Å². The molecule has 0 spiro atoms. The lowest BCUT2D eigenvalue weighted by atomic mass is 10.2. The molecular formula is C13H11ClN2O3. The molecule has 0 aliphatic carbocycles. The third-order valence-corrected chi connectivity index (χ3v) is 2.67. The van der Waals surface area contributed by atoms with Crippen molar-refractivity contribution < 1.29 is 9.52 Å². The van der Waals surface area contributed by atoms with Crippen LogP contribution in [0.15, 0.2) is 44.6 Å². The molecule has 0 atom stereocenters. The fourth-order valence-electron chi connectivity index (χ4n) is 1.44. The molecule has 0 bridgehead atoms. The van der Waals surface area contributed by atoms with Crippen LogP contribution in [0.5, 0.6) is 5.75 Å². The second-order valence-electron chi connectivity index (χ2n) is 3.79. The van der Waals surface area contributed by atoms with Crippen molar-refractivity contribution in [1.82, 2.24) is 0 Å². The molecule has 6 heteroatoms. The quantitative estimate of drug-likeness (QED) is 0.669. The van der Waals surface area contributed by atoms with Gasteiger partial charge in [0.25, 0.3) is 0 Å². The molecule has 2 rings (SSSR count). The number of benzene rings is 1. The van der Waals surface area contributed by atoms with Gasteiger partial charge >= 0.3 is 5.63 Å². The van der Waals surface area contributed by atoms with Crippen LogP contribution < -0.4 is 11.1 Å². The maximum Gasteiger partial charge on any atom is 0.348 e. The van der Waals surface area contributed by atoms with Crippen molar-refractivity contribution in [3.8, 4) is 5.75 Å². The zero-order valence-electron chi connectivity index (χ0n) is 10.1. The second kappa shape index (κ2) is 5.58. The molecule has 0 unspecified atom stereocenters. The van der Waals surface area contributed by atoms with E-state index in [9.17, 15) is 9.90 Å². The predicted molar refractivity (Wildman–Crippen MR) is 74.0 cm³/mol. The zero-order chi connectivity index (χ0) is 13.8. The lowest BCUT2D eigenvalue weighted by molar-refractivity contribution is 0.433. The Morgan fingerprint density at radius 1 is 1.42 bits per heavy atom. The Kier molecular flexibility index (Phi) is 3.87. The number of halogens is 1. The minimum Gasteiger partial charge on any atom is -0.507 e. The highest BCUT2D eigenvalue weighted by Crippen LogP contribution is 2.20.